The van der Waals surface area contributed by atoms with E-state index in [2.05, 4.69) is 0 Å². The molecule has 1 rings (SSSR count). The van der Waals surface area contributed by atoms with E-state index in [0.29, 0.717) is 5.75 Å². The maximum absolute atomic E-state index is 11.0. The smallest absolute Gasteiger partial charge is 0.331 e. The second-order valence-electron chi connectivity index (χ2n) is 4.25. The zero-order valence-corrected chi connectivity index (χ0v) is 11.5. The Morgan fingerprint density at radius 3 is 2.57 bits per heavy atom. The predicted molar refractivity (Wildman–Crippen MR) is 78.0 cm³/mol. The van der Waals surface area contributed by atoms with Gasteiger partial charge in [0, 0.05) is 17.6 Å². The Labute approximate surface area is 122 Å². The second-order valence-corrected chi connectivity index (χ2v) is 4.25. The molecule has 0 aromatic heterocycles. The highest BCUT2D eigenvalue weighted by Gasteiger charge is 2.17. The number of carbonyl (C=O) groups is 2. The number of rotatable bonds is 7. The third-order valence-electron chi connectivity index (χ3n) is 2.74. The molecule has 0 unspecified atom stereocenters. The topological polar surface area (TPSA) is 110 Å². The highest BCUT2D eigenvalue weighted by molar-refractivity contribution is 5.88. The predicted octanol–water partition coefficient (Wildman–Crippen LogP) is 1.52. The van der Waals surface area contributed by atoms with Crippen LogP contribution in [0.5, 0.6) is 5.75 Å². The fourth-order valence-corrected chi connectivity index (χ4v) is 1.62. The number of ether oxygens (including phenoxy) is 1. The molecule has 0 aliphatic rings. The quantitative estimate of drug-likeness (QED) is 0.519. The monoisotopic (exact) mass is 291 g/mol. The molecule has 0 bridgehead atoms. The molecule has 21 heavy (non-hydrogen) atoms. The molecule has 6 heteroatoms. The Balaban J connectivity index is 2.90. The van der Waals surface area contributed by atoms with Gasteiger partial charge >= 0.3 is 11.9 Å². The van der Waals surface area contributed by atoms with Crippen molar-refractivity contribution in [2.75, 3.05) is 7.11 Å². The van der Waals surface area contributed by atoms with Crippen molar-refractivity contribution in [1.29, 1.82) is 0 Å². The van der Waals surface area contributed by atoms with E-state index in [1.165, 1.54) is 19.3 Å². The highest BCUT2D eigenvalue weighted by Crippen LogP contribution is 2.19. The van der Waals surface area contributed by atoms with Crippen LogP contribution in [0.2, 0.25) is 0 Å². The molecule has 1 atom stereocenters. The molecule has 0 heterocycles. The van der Waals surface area contributed by atoms with Gasteiger partial charge in [-0.2, -0.15) is 0 Å². The number of carboxylic acid groups (broad SMARTS) is 2. The van der Waals surface area contributed by atoms with Gasteiger partial charge in [-0.3, -0.25) is 4.79 Å². The number of aliphatic carboxylic acids is 2. The van der Waals surface area contributed by atoms with E-state index in [1.54, 1.807) is 12.1 Å². The number of methoxy groups -OCH3 is 1. The normalized spacial score (nSPS) is 13.1. The maximum Gasteiger partial charge on any atom is 0.331 e. The molecule has 1 aromatic carbocycles. The SMILES string of the molecule is COc1ccccc1/C=C/C=C(\C[C@H](N)C(=O)O)C(=O)O. The van der Waals surface area contributed by atoms with Crippen molar-refractivity contribution in [2.24, 2.45) is 5.73 Å². The lowest BCUT2D eigenvalue weighted by Crippen LogP contribution is -2.31. The first-order valence-corrected chi connectivity index (χ1v) is 6.17. The summed E-state index contributed by atoms with van der Waals surface area (Å²) in [5.74, 6) is -1.78. The van der Waals surface area contributed by atoms with Gasteiger partial charge in [0.05, 0.1) is 7.11 Å². The lowest BCUT2D eigenvalue weighted by Gasteiger charge is -2.06. The fraction of sp³-hybridized carbons (Fsp3) is 0.200. The number of allylic oxidation sites excluding steroid dienone is 2. The highest BCUT2D eigenvalue weighted by atomic mass is 16.5. The minimum Gasteiger partial charge on any atom is -0.496 e. The van der Waals surface area contributed by atoms with Gasteiger partial charge in [-0.15, -0.1) is 0 Å². The van der Waals surface area contributed by atoms with Gasteiger partial charge in [0.15, 0.2) is 0 Å². The summed E-state index contributed by atoms with van der Waals surface area (Å²) >= 11 is 0. The third-order valence-corrected chi connectivity index (χ3v) is 2.74. The van der Waals surface area contributed by atoms with Crippen molar-refractivity contribution in [3.63, 3.8) is 0 Å². The Morgan fingerprint density at radius 1 is 1.33 bits per heavy atom. The molecule has 112 valence electrons. The number of carboxylic acids is 2. The summed E-state index contributed by atoms with van der Waals surface area (Å²) in [7, 11) is 1.54. The van der Waals surface area contributed by atoms with Gasteiger partial charge in [0.1, 0.15) is 11.8 Å². The Bertz CT molecular complexity index is 577. The zero-order valence-electron chi connectivity index (χ0n) is 11.5. The molecule has 6 nitrogen and oxygen atoms in total. The molecule has 0 saturated carbocycles. The number of hydrogen-bond acceptors (Lipinski definition) is 4. The van der Waals surface area contributed by atoms with Crippen molar-refractivity contribution in [3.8, 4) is 5.75 Å². The summed E-state index contributed by atoms with van der Waals surface area (Å²) in [6.07, 6.45) is 4.28. The first kappa shape index (κ1) is 16.5. The van der Waals surface area contributed by atoms with E-state index in [0.717, 1.165) is 5.56 Å². The fourth-order valence-electron chi connectivity index (χ4n) is 1.62. The van der Waals surface area contributed by atoms with Crippen LogP contribution in [0, 0.1) is 0 Å². The van der Waals surface area contributed by atoms with Crippen LogP contribution >= 0.6 is 0 Å². The molecule has 4 N–H and O–H groups in total. The average Bonchev–Trinajstić information content (AvgIpc) is 2.46. The number of hydrogen-bond donors (Lipinski definition) is 3. The molecular weight excluding hydrogens is 274 g/mol. The Morgan fingerprint density at radius 2 is 2.00 bits per heavy atom. The van der Waals surface area contributed by atoms with Crippen LogP contribution in [-0.4, -0.2) is 35.3 Å². The molecule has 0 aliphatic heterocycles. The molecule has 0 fully saturated rings. The molecule has 0 spiro atoms. The maximum atomic E-state index is 11.0. The molecule has 0 saturated heterocycles. The first-order valence-electron chi connectivity index (χ1n) is 6.17. The summed E-state index contributed by atoms with van der Waals surface area (Å²) < 4.78 is 5.16. The van der Waals surface area contributed by atoms with Crippen LogP contribution < -0.4 is 10.5 Å². The van der Waals surface area contributed by atoms with Crippen LogP contribution in [0.25, 0.3) is 6.08 Å². The average molecular weight is 291 g/mol. The van der Waals surface area contributed by atoms with E-state index in [9.17, 15) is 9.59 Å². The van der Waals surface area contributed by atoms with Crippen LogP contribution in [0.4, 0.5) is 0 Å². The zero-order chi connectivity index (χ0) is 15.8. The summed E-state index contributed by atoms with van der Waals surface area (Å²) in [5.41, 5.74) is 6.04. The van der Waals surface area contributed by atoms with Crippen LogP contribution in [0.1, 0.15) is 12.0 Å². The van der Waals surface area contributed by atoms with E-state index in [-0.39, 0.29) is 12.0 Å². The first-order chi connectivity index (χ1) is 9.95. The minimum atomic E-state index is -1.24. The van der Waals surface area contributed by atoms with Gasteiger partial charge in [-0.05, 0) is 6.07 Å². The lowest BCUT2D eigenvalue weighted by molar-refractivity contribution is -0.138. The Hall–Kier alpha value is -2.60. The van der Waals surface area contributed by atoms with E-state index in [1.807, 2.05) is 18.2 Å². The number of para-hydroxylation sites is 1. The van der Waals surface area contributed by atoms with Crippen molar-refractivity contribution in [3.05, 3.63) is 47.6 Å². The van der Waals surface area contributed by atoms with Crippen molar-refractivity contribution in [2.45, 2.75) is 12.5 Å². The summed E-state index contributed by atoms with van der Waals surface area (Å²) in [6.45, 7) is 0. The van der Waals surface area contributed by atoms with Crippen LogP contribution in [-0.2, 0) is 9.59 Å². The van der Waals surface area contributed by atoms with Crippen molar-refractivity contribution < 1.29 is 24.5 Å². The van der Waals surface area contributed by atoms with E-state index < -0.39 is 18.0 Å². The van der Waals surface area contributed by atoms with Crippen LogP contribution in [0.15, 0.2) is 42.0 Å². The minimum absolute atomic E-state index is 0.0731. The van der Waals surface area contributed by atoms with Gasteiger partial charge in [0.25, 0.3) is 0 Å². The molecule has 1 aromatic rings. The van der Waals surface area contributed by atoms with Gasteiger partial charge in [0.2, 0.25) is 0 Å². The summed E-state index contributed by atoms with van der Waals surface area (Å²) in [6, 6.07) is 5.99. The van der Waals surface area contributed by atoms with Gasteiger partial charge in [-0.1, -0.05) is 36.4 Å². The van der Waals surface area contributed by atoms with Crippen molar-refractivity contribution in [1.82, 2.24) is 0 Å². The molecular formula is C15H17NO5. The van der Waals surface area contributed by atoms with Gasteiger partial charge < -0.3 is 20.7 Å². The number of benzene rings is 1. The number of nitrogens with two attached hydrogens (primary N) is 1. The Kier molecular flexibility index (Phi) is 6.16. The van der Waals surface area contributed by atoms with Crippen LogP contribution in [0.3, 0.4) is 0 Å². The second kappa shape index (κ2) is 7.86. The van der Waals surface area contributed by atoms with Gasteiger partial charge in [-0.25, -0.2) is 4.79 Å². The summed E-state index contributed by atoms with van der Waals surface area (Å²) in [4.78, 5) is 21.7. The van der Waals surface area contributed by atoms with Crippen molar-refractivity contribution >= 4 is 18.0 Å². The summed E-state index contributed by atoms with van der Waals surface area (Å²) in [5, 5.41) is 17.7. The molecule has 0 radical (unpaired) electrons. The standard InChI is InChI=1S/C15H17NO5/c1-21-13-8-3-2-5-10(13)6-4-7-11(14(17)18)9-12(16)15(19)20/h2-8,12H,9,16H2,1H3,(H,17,18)(H,19,20)/b6-4+,11-7+/t12-/m0/s1. The van der Waals surface area contributed by atoms with E-state index in [4.69, 9.17) is 20.7 Å². The molecule has 0 aliphatic carbocycles. The largest absolute Gasteiger partial charge is 0.496 e. The lowest BCUT2D eigenvalue weighted by atomic mass is 10.1. The molecule has 0 amide bonds. The third kappa shape index (κ3) is 5.12. The van der Waals surface area contributed by atoms with E-state index >= 15 is 0 Å².